The molecule has 228 valence electrons. The van der Waals surface area contributed by atoms with Gasteiger partial charge in [-0.2, -0.15) is 0 Å². The second-order valence-corrected chi connectivity index (χ2v) is 12.8. The Balaban J connectivity index is 1.14. The minimum Gasteiger partial charge on any atom is -0.310 e. The summed E-state index contributed by atoms with van der Waals surface area (Å²) in [5.41, 5.74) is 14.8. The molecule has 1 aliphatic carbocycles. The molecular formula is C46H34N2. The zero-order chi connectivity index (χ0) is 32.2. The zero-order valence-corrected chi connectivity index (χ0v) is 27.1. The number of hydrogen-bond acceptors (Lipinski definition) is 2. The van der Waals surface area contributed by atoms with Gasteiger partial charge in [0.05, 0.1) is 0 Å². The molecule has 0 N–H and O–H groups in total. The molecule has 0 heterocycles. The smallest absolute Gasteiger partial charge is 0.0490 e. The van der Waals surface area contributed by atoms with Crippen LogP contribution in [0.15, 0.2) is 170 Å². The molecule has 0 fully saturated rings. The average molecular weight is 615 g/mol. The van der Waals surface area contributed by atoms with E-state index in [0.717, 1.165) is 22.7 Å². The first-order valence-corrected chi connectivity index (χ1v) is 16.6. The highest BCUT2D eigenvalue weighted by atomic mass is 15.1. The van der Waals surface area contributed by atoms with E-state index in [2.05, 4.69) is 194 Å². The Bertz CT molecular complexity index is 2300. The number of anilines is 6. The predicted octanol–water partition coefficient (Wildman–Crippen LogP) is 13.2. The quantitative estimate of drug-likeness (QED) is 0.184. The molecule has 2 nitrogen and oxygen atoms in total. The summed E-state index contributed by atoms with van der Waals surface area (Å²) in [5, 5.41) is 5.01. The first-order chi connectivity index (χ1) is 23.6. The molecule has 8 aromatic rings. The van der Waals surface area contributed by atoms with Gasteiger partial charge in [0.15, 0.2) is 0 Å². The van der Waals surface area contributed by atoms with E-state index in [-0.39, 0.29) is 0 Å². The molecule has 0 atom stereocenters. The van der Waals surface area contributed by atoms with E-state index < -0.39 is 0 Å². The molecule has 0 radical (unpaired) electrons. The molecule has 9 rings (SSSR count). The van der Waals surface area contributed by atoms with Crippen molar-refractivity contribution in [3.63, 3.8) is 0 Å². The van der Waals surface area contributed by atoms with E-state index in [9.17, 15) is 0 Å². The predicted molar refractivity (Wildman–Crippen MR) is 205 cm³/mol. The average Bonchev–Trinajstić information content (AvgIpc) is 3.13. The van der Waals surface area contributed by atoms with Gasteiger partial charge >= 0.3 is 0 Å². The van der Waals surface area contributed by atoms with Crippen molar-refractivity contribution >= 4 is 55.7 Å². The molecule has 0 aliphatic heterocycles. The summed E-state index contributed by atoms with van der Waals surface area (Å²) in [5.74, 6) is 0. The van der Waals surface area contributed by atoms with Crippen LogP contribution in [-0.4, -0.2) is 0 Å². The van der Waals surface area contributed by atoms with Crippen LogP contribution in [0.25, 0.3) is 43.8 Å². The minimum absolute atomic E-state index is 1.15. The number of aryl methyl sites for hydroxylation is 2. The largest absolute Gasteiger partial charge is 0.310 e. The van der Waals surface area contributed by atoms with Gasteiger partial charge in [-0.1, -0.05) is 84.9 Å². The Hall–Kier alpha value is -6.12. The second kappa shape index (κ2) is 11.3. The molecule has 0 amide bonds. The van der Waals surface area contributed by atoms with E-state index in [1.165, 1.54) is 66.3 Å². The fraction of sp³-hybridized carbons (Fsp3) is 0.0435. The molecule has 0 spiro atoms. The third-order valence-electron chi connectivity index (χ3n) is 9.76. The zero-order valence-electron chi connectivity index (χ0n) is 27.1. The van der Waals surface area contributed by atoms with Crippen LogP contribution in [0.4, 0.5) is 34.1 Å². The van der Waals surface area contributed by atoms with Crippen LogP contribution in [0.5, 0.6) is 0 Å². The van der Waals surface area contributed by atoms with Crippen molar-refractivity contribution < 1.29 is 0 Å². The number of fused-ring (bicyclic) bond motifs is 6. The molecular weight excluding hydrogens is 581 g/mol. The normalized spacial score (nSPS) is 11.5. The molecule has 0 aromatic heterocycles. The lowest BCUT2D eigenvalue weighted by Gasteiger charge is -2.29. The molecule has 8 aromatic carbocycles. The molecule has 2 heteroatoms. The summed E-state index contributed by atoms with van der Waals surface area (Å²) in [4.78, 5) is 4.73. The van der Waals surface area contributed by atoms with Gasteiger partial charge in [0.1, 0.15) is 0 Å². The van der Waals surface area contributed by atoms with Crippen LogP contribution < -0.4 is 9.80 Å². The standard InChI is InChI=1S/C46H34N2/c1-31-13-9-11-19-45(31)47(37-15-5-3-6-16-37)39-23-21-33-27-41-42-28-34-22-24-40(26-36(34)30-44(42)43(41)29-35(33)25-39)48(38-17-7-4-8-18-38)46-20-12-10-14-32(46)2/h3-30H,1-2H3. The Morgan fingerprint density at radius 1 is 0.292 bits per heavy atom. The maximum Gasteiger partial charge on any atom is 0.0490 e. The lowest BCUT2D eigenvalue weighted by atomic mass is 9.78. The highest BCUT2D eigenvalue weighted by Crippen LogP contribution is 2.51. The van der Waals surface area contributed by atoms with Gasteiger partial charge in [0, 0.05) is 34.1 Å². The van der Waals surface area contributed by atoms with Gasteiger partial charge < -0.3 is 9.80 Å². The van der Waals surface area contributed by atoms with Gasteiger partial charge in [-0.3, -0.25) is 0 Å². The molecule has 0 bridgehead atoms. The maximum atomic E-state index is 2.39. The van der Waals surface area contributed by atoms with Crippen molar-refractivity contribution in [1.29, 1.82) is 0 Å². The van der Waals surface area contributed by atoms with Crippen LogP contribution in [0, 0.1) is 13.8 Å². The maximum absolute atomic E-state index is 2.39. The molecule has 1 aliphatic rings. The Morgan fingerprint density at radius 3 is 1.04 bits per heavy atom. The van der Waals surface area contributed by atoms with Gasteiger partial charge in [0.2, 0.25) is 0 Å². The van der Waals surface area contributed by atoms with Crippen molar-refractivity contribution in [2.24, 2.45) is 0 Å². The van der Waals surface area contributed by atoms with Gasteiger partial charge in [-0.05, 0) is 154 Å². The molecule has 0 saturated carbocycles. The fourth-order valence-corrected chi connectivity index (χ4v) is 7.31. The van der Waals surface area contributed by atoms with Crippen molar-refractivity contribution in [2.75, 3.05) is 9.80 Å². The number of rotatable bonds is 6. The van der Waals surface area contributed by atoms with Gasteiger partial charge in [-0.25, -0.2) is 0 Å². The number of benzene rings is 8. The highest BCUT2D eigenvalue weighted by Gasteiger charge is 2.25. The van der Waals surface area contributed by atoms with E-state index >= 15 is 0 Å². The molecule has 0 unspecified atom stereocenters. The summed E-state index contributed by atoms with van der Waals surface area (Å²) in [6, 6.07) is 61.8. The Morgan fingerprint density at radius 2 is 0.646 bits per heavy atom. The Labute approximate surface area is 281 Å². The number of hydrogen-bond donors (Lipinski definition) is 0. The number of para-hydroxylation sites is 4. The third kappa shape index (κ3) is 4.65. The molecule has 0 saturated heterocycles. The SMILES string of the molecule is Cc1ccccc1N(c1ccccc1)c1ccc2cc3c(cc2c1)-c1cc2cc(N(c4ccccc4)c4ccccc4C)ccc2cc1-3. The van der Waals surface area contributed by atoms with Crippen LogP contribution in [0.3, 0.4) is 0 Å². The van der Waals surface area contributed by atoms with Crippen molar-refractivity contribution in [3.05, 3.63) is 181 Å². The van der Waals surface area contributed by atoms with E-state index in [0.29, 0.717) is 0 Å². The fourth-order valence-electron chi connectivity index (χ4n) is 7.31. The van der Waals surface area contributed by atoms with Crippen LogP contribution >= 0.6 is 0 Å². The Kier molecular flexibility index (Phi) is 6.62. The second-order valence-electron chi connectivity index (χ2n) is 12.8. The monoisotopic (exact) mass is 614 g/mol. The topological polar surface area (TPSA) is 6.48 Å². The summed E-state index contributed by atoms with van der Waals surface area (Å²) in [6.07, 6.45) is 0. The lowest BCUT2D eigenvalue weighted by molar-refractivity contribution is 1.25. The summed E-state index contributed by atoms with van der Waals surface area (Å²) >= 11 is 0. The van der Waals surface area contributed by atoms with Crippen LogP contribution in [0.2, 0.25) is 0 Å². The van der Waals surface area contributed by atoms with Crippen LogP contribution in [-0.2, 0) is 0 Å². The minimum atomic E-state index is 1.15. The summed E-state index contributed by atoms with van der Waals surface area (Å²) in [7, 11) is 0. The highest BCUT2D eigenvalue weighted by molar-refractivity contribution is 6.12. The lowest BCUT2D eigenvalue weighted by Crippen LogP contribution is -2.11. The van der Waals surface area contributed by atoms with E-state index in [1.54, 1.807) is 0 Å². The van der Waals surface area contributed by atoms with Crippen LogP contribution in [0.1, 0.15) is 11.1 Å². The van der Waals surface area contributed by atoms with E-state index in [4.69, 9.17) is 0 Å². The first-order valence-electron chi connectivity index (χ1n) is 16.6. The van der Waals surface area contributed by atoms with E-state index in [1.807, 2.05) is 0 Å². The third-order valence-corrected chi connectivity index (χ3v) is 9.76. The van der Waals surface area contributed by atoms with Crippen molar-refractivity contribution in [3.8, 4) is 22.3 Å². The number of nitrogens with zero attached hydrogens (tertiary/aromatic N) is 2. The molecule has 48 heavy (non-hydrogen) atoms. The summed E-state index contributed by atoms with van der Waals surface area (Å²) < 4.78 is 0. The first kappa shape index (κ1) is 28.1. The summed E-state index contributed by atoms with van der Waals surface area (Å²) in [6.45, 7) is 4.36. The van der Waals surface area contributed by atoms with Gasteiger partial charge in [-0.15, -0.1) is 0 Å². The van der Waals surface area contributed by atoms with Crippen molar-refractivity contribution in [2.45, 2.75) is 13.8 Å². The van der Waals surface area contributed by atoms with Gasteiger partial charge in [0.25, 0.3) is 0 Å². The van der Waals surface area contributed by atoms with Crippen molar-refractivity contribution in [1.82, 2.24) is 0 Å².